The second kappa shape index (κ2) is 3.48. The molecule has 0 fully saturated rings. The number of aromatic nitrogens is 1. The van der Waals surface area contributed by atoms with Crippen molar-refractivity contribution in [2.24, 2.45) is 0 Å². The lowest BCUT2D eigenvalue weighted by molar-refractivity contribution is 0.0701. The molecule has 1 aromatic heterocycles. The van der Waals surface area contributed by atoms with E-state index < -0.39 is 5.97 Å². The molecule has 1 heterocycles. The first-order chi connectivity index (χ1) is 5.15. The third-order valence-electron chi connectivity index (χ3n) is 1.13. The van der Waals surface area contributed by atoms with Crippen molar-refractivity contribution in [1.29, 1.82) is 0 Å². The Balaban J connectivity index is 3.12. The van der Waals surface area contributed by atoms with Gasteiger partial charge in [0.15, 0.2) is 0 Å². The molecular weight excluding hydrogens is 277 g/mol. The summed E-state index contributed by atoms with van der Waals surface area (Å²) in [5, 5.41) is 9.49. The number of hydrogen-bond donors (Lipinski definition) is 1. The van der Waals surface area contributed by atoms with E-state index in [0.717, 1.165) is 5.01 Å². The van der Waals surface area contributed by atoms with E-state index in [2.05, 4.69) is 27.6 Å². The molecule has 0 aliphatic rings. The molecule has 3 nitrogen and oxygen atoms in total. The van der Waals surface area contributed by atoms with Crippen LogP contribution >= 0.6 is 33.9 Å². The summed E-state index contributed by atoms with van der Waals surface area (Å²) >= 11 is 3.34. The van der Waals surface area contributed by atoms with Crippen LogP contribution in [0.25, 0.3) is 0 Å². The largest absolute Gasteiger partial charge is 0.477 e. The zero-order valence-corrected chi connectivity index (χ0v) is 8.77. The van der Waals surface area contributed by atoms with Gasteiger partial charge >= 0.3 is 5.97 Å². The van der Waals surface area contributed by atoms with Gasteiger partial charge in [-0.15, -0.1) is 11.3 Å². The van der Waals surface area contributed by atoms with Gasteiger partial charge in [0.25, 0.3) is 0 Å². The van der Waals surface area contributed by atoms with Crippen molar-refractivity contribution in [2.45, 2.75) is 11.4 Å². The van der Waals surface area contributed by atoms with Gasteiger partial charge in [0.05, 0.1) is 10.7 Å². The molecule has 5 heteroatoms. The van der Waals surface area contributed by atoms with Crippen molar-refractivity contribution in [3.63, 3.8) is 0 Å². The summed E-state index contributed by atoms with van der Waals surface area (Å²) in [6, 6.07) is 0. The van der Waals surface area contributed by atoms with Crippen molar-refractivity contribution in [1.82, 2.24) is 4.98 Å². The molecule has 60 valence electrons. The van der Waals surface area contributed by atoms with Gasteiger partial charge in [-0.25, -0.2) is 9.78 Å². The minimum absolute atomic E-state index is 0.372. The van der Waals surface area contributed by atoms with Gasteiger partial charge in [0.2, 0.25) is 0 Å². The summed E-state index contributed by atoms with van der Waals surface area (Å²) in [6.45, 7) is 1.81. The van der Waals surface area contributed by atoms with Crippen molar-refractivity contribution in [3.05, 3.63) is 15.6 Å². The third-order valence-corrected chi connectivity index (χ3v) is 2.85. The second-order valence-electron chi connectivity index (χ2n) is 1.95. The highest BCUT2D eigenvalue weighted by Gasteiger charge is 2.13. The quantitative estimate of drug-likeness (QED) is 0.668. The molecule has 0 aromatic carbocycles. The fourth-order valence-corrected chi connectivity index (χ4v) is 2.31. The molecule has 1 aromatic rings. The van der Waals surface area contributed by atoms with Crippen LogP contribution in [0.5, 0.6) is 0 Å². The Morgan fingerprint density at radius 1 is 1.82 bits per heavy atom. The van der Waals surface area contributed by atoms with Crippen LogP contribution in [0, 0.1) is 6.92 Å². The molecule has 0 aliphatic heterocycles. The summed E-state index contributed by atoms with van der Waals surface area (Å²) in [4.78, 5) is 15.0. The molecule has 0 aliphatic carbocycles. The fourth-order valence-electron chi connectivity index (χ4n) is 0.728. The smallest absolute Gasteiger partial charge is 0.347 e. The van der Waals surface area contributed by atoms with Gasteiger partial charge in [-0.3, -0.25) is 0 Å². The molecule has 0 saturated heterocycles. The number of aromatic carboxylic acids is 1. The molecule has 0 bridgehead atoms. The lowest BCUT2D eigenvalue weighted by Gasteiger charge is -1.88. The van der Waals surface area contributed by atoms with Crippen LogP contribution in [0.15, 0.2) is 0 Å². The molecule has 0 atom stereocenters. The Labute approximate surface area is 81.6 Å². The Bertz CT molecular complexity index is 284. The lowest BCUT2D eigenvalue weighted by Crippen LogP contribution is -1.96. The van der Waals surface area contributed by atoms with E-state index in [-0.39, 0.29) is 0 Å². The Morgan fingerprint density at radius 2 is 2.45 bits per heavy atom. The molecule has 1 N–H and O–H groups in total. The summed E-state index contributed by atoms with van der Waals surface area (Å²) < 4.78 is 0.656. The second-order valence-corrected chi connectivity index (χ2v) is 3.91. The van der Waals surface area contributed by atoms with Crippen LogP contribution in [0.2, 0.25) is 0 Å². The average Bonchev–Trinajstić information content (AvgIpc) is 2.30. The van der Waals surface area contributed by atoms with Crippen LogP contribution in [-0.4, -0.2) is 16.1 Å². The normalized spacial score (nSPS) is 10.0. The minimum Gasteiger partial charge on any atom is -0.477 e. The van der Waals surface area contributed by atoms with E-state index in [0.29, 0.717) is 15.0 Å². The van der Waals surface area contributed by atoms with Gasteiger partial charge in [0.1, 0.15) is 4.88 Å². The first-order valence-corrected chi connectivity index (χ1v) is 5.25. The number of hydrogen-bond acceptors (Lipinski definition) is 3. The predicted molar refractivity (Wildman–Crippen MR) is 51.5 cm³/mol. The summed E-state index contributed by atoms with van der Waals surface area (Å²) in [5.74, 6) is -0.873. The van der Waals surface area contributed by atoms with Gasteiger partial charge in [-0.2, -0.15) is 0 Å². The van der Waals surface area contributed by atoms with E-state index >= 15 is 0 Å². The van der Waals surface area contributed by atoms with Crippen LogP contribution in [0.4, 0.5) is 0 Å². The Morgan fingerprint density at radius 3 is 2.82 bits per heavy atom. The number of halogens is 1. The predicted octanol–water partition coefficient (Wildman–Crippen LogP) is 2.08. The Hall–Kier alpha value is -0.170. The molecule has 1 rings (SSSR count). The van der Waals surface area contributed by atoms with E-state index in [1.807, 2.05) is 6.92 Å². The van der Waals surface area contributed by atoms with Crippen molar-refractivity contribution < 1.29 is 9.90 Å². The van der Waals surface area contributed by atoms with E-state index in [4.69, 9.17) is 5.11 Å². The zero-order chi connectivity index (χ0) is 8.43. The van der Waals surface area contributed by atoms with Crippen LogP contribution in [0.3, 0.4) is 0 Å². The number of aryl methyl sites for hydroxylation is 1. The number of alkyl halides is 1. The maximum atomic E-state index is 10.6. The first kappa shape index (κ1) is 8.92. The van der Waals surface area contributed by atoms with Crippen molar-refractivity contribution >= 4 is 39.9 Å². The highest BCUT2D eigenvalue weighted by atomic mass is 127. The number of rotatable bonds is 2. The third kappa shape index (κ3) is 1.90. The maximum Gasteiger partial charge on any atom is 0.347 e. The van der Waals surface area contributed by atoms with Crippen molar-refractivity contribution in [2.75, 3.05) is 0 Å². The van der Waals surface area contributed by atoms with Gasteiger partial charge in [-0.05, 0) is 6.92 Å². The van der Waals surface area contributed by atoms with E-state index in [1.165, 1.54) is 11.3 Å². The highest BCUT2D eigenvalue weighted by molar-refractivity contribution is 14.1. The number of thiazole rings is 1. The fraction of sp³-hybridized carbons (Fsp3) is 0.333. The molecule has 0 radical (unpaired) electrons. The molecule has 0 spiro atoms. The summed E-state index contributed by atoms with van der Waals surface area (Å²) in [5.41, 5.74) is 0.681. The van der Waals surface area contributed by atoms with Gasteiger partial charge in [-0.1, -0.05) is 22.6 Å². The summed E-state index contributed by atoms with van der Waals surface area (Å²) in [6.07, 6.45) is 0. The number of carbonyl (C=O) groups is 1. The first-order valence-electron chi connectivity index (χ1n) is 2.90. The van der Waals surface area contributed by atoms with E-state index in [9.17, 15) is 4.79 Å². The topological polar surface area (TPSA) is 50.2 Å². The molecule has 0 amide bonds. The number of carboxylic acid groups (broad SMARTS) is 1. The average molecular weight is 283 g/mol. The Kier molecular flexibility index (Phi) is 2.83. The van der Waals surface area contributed by atoms with E-state index in [1.54, 1.807) is 0 Å². The highest BCUT2D eigenvalue weighted by Crippen LogP contribution is 2.19. The van der Waals surface area contributed by atoms with Crippen molar-refractivity contribution in [3.8, 4) is 0 Å². The summed E-state index contributed by atoms with van der Waals surface area (Å²) in [7, 11) is 0. The molecule has 0 saturated carbocycles. The molecular formula is C6H6INO2S. The van der Waals surface area contributed by atoms with Gasteiger partial charge < -0.3 is 5.11 Å². The van der Waals surface area contributed by atoms with Crippen LogP contribution < -0.4 is 0 Å². The van der Waals surface area contributed by atoms with Crippen LogP contribution in [-0.2, 0) is 4.43 Å². The van der Waals surface area contributed by atoms with Crippen LogP contribution in [0.1, 0.15) is 20.4 Å². The molecule has 11 heavy (non-hydrogen) atoms. The molecule has 0 unspecified atom stereocenters. The standard InChI is InChI=1S/C6H6INO2S/c1-3-8-4(2-7)5(11-3)6(9)10/h2H2,1H3,(H,9,10). The number of carboxylic acids is 1. The maximum absolute atomic E-state index is 10.6. The SMILES string of the molecule is Cc1nc(CI)c(C(=O)O)s1. The zero-order valence-electron chi connectivity index (χ0n) is 5.80. The van der Waals surface area contributed by atoms with Gasteiger partial charge in [0, 0.05) is 4.43 Å². The monoisotopic (exact) mass is 283 g/mol. The minimum atomic E-state index is -0.873. The number of nitrogens with zero attached hydrogens (tertiary/aromatic N) is 1. The lowest BCUT2D eigenvalue weighted by atomic mass is 10.4.